The smallest absolute Gasteiger partial charge is 0.329 e. The third-order valence-corrected chi connectivity index (χ3v) is 4.94. The summed E-state index contributed by atoms with van der Waals surface area (Å²) in [5, 5.41) is 0. The van der Waals surface area contributed by atoms with E-state index < -0.39 is 0 Å². The van der Waals surface area contributed by atoms with E-state index in [1.807, 2.05) is 31.2 Å². The second-order valence-corrected chi connectivity index (χ2v) is 6.98. The van der Waals surface area contributed by atoms with Crippen molar-refractivity contribution in [1.29, 1.82) is 0 Å². The molecule has 0 bridgehead atoms. The van der Waals surface area contributed by atoms with Gasteiger partial charge in [0.05, 0.1) is 11.0 Å². The predicted molar refractivity (Wildman–Crippen MR) is 102 cm³/mol. The standard InChI is InChI=1S/C19H19BrFN3O2/c1-3-23(11-13-10-14(20)8-9-15(13)21)18(25)12-24-17-7-5-4-6-16(17)22(2)19(24)26/h4-10H,3,11-12H2,1-2H3. The first-order valence-corrected chi connectivity index (χ1v) is 9.07. The normalized spacial score (nSPS) is 11.1. The third-order valence-electron chi connectivity index (χ3n) is 4.45. The molecule has 5 nitrogen and oxygen atoms in total. The molecule has 0 saturated heterocycles. The van der Waals surface area contributed by atoms with Crippen molar-refractivity contribution in [2.75, 3.05) is 6.54 Å². The SMILES string of the molecule is CCN(Cc1cc(Br)ccc1F)C(=O)Cn1c(=O)n(C)c2ccccc21. The highest BCUT2D eigenvalue weighted by Gasteiger charge is 2.18. The lowest BCUT2D eigenvalue weighted by molar-refractivity contribution is -0.132. The number of para-hydroxylation sites is 2. The van der Waals surface area contributed by atoms with Gasteiger partial charge in [0, 0.05) is 30.2 Å². The summed E-state index contributed by atoms with van der Waals surface area (Å²) in [6, 6.07) is 12.0. The molecule has 0 fully saturated rings. The number of aromatic nitrogens is 2. The van der Waals surface area contributed by atoms with Crippen LogP contribution in [-0.4, -0.2) is 26.5 Å². The maximum atomic E-state index is 14.0. The first-order valence-electron chi connectivity index (χ1n) is 8.28. The lowest BCUT2D eigenvalue weighted by Gasteiger charge is -2.21. The minimum atomic E-state index is -0.359. The van der Waals surface area contributed by atoms with Gasteiger partial charge >= 0.3 is 5.69 Å². The molecule has 1 amide bonds. The monoisotopic (exact) mass is 419 g/mol. The summed E-state index contributed by atoms with van der Waals surface area (Å²) >= 11 is 3.32. The highest BCUT2D eigenvalue weighted by atomic mass is 79.9. The van der Waals surface area contributed by atoms with Crippen molar-refractivity contribution in [3.63, 3.8) is 0 Å². The van der Waals surface area contributed by atoms with Crippen LogP contribution in [-0.2, 0) is 24.9 Å². The number of nitrogens with zero attached hydrogens (tertiary/aromatic N) is 3. The molecular weight excluding hydrogens is 401 g/mol. The van der Waals surface area contributed by atoms with Crippen LogP contribution < -0.4 is 5.69 Å². The molecule has 0 atom stereocenters. The van der Waals surface area contributed by atoms with Crippen LogP contribution in [0.1, 0.15) is 12.5 Å². The van der Waals surface area contributed by atoms with Crippen molar-refractivity contribution < 1.29 is 9.18 Å². The Bertz CT molecular complexity index is 1030. The number of rotatable bonds is 5. The van der Waals surface area contributed by atoms with Gasteiger partial charge in [-0.1, -0.05) is 28.1 Å². The molecule has 0 N–H and O–H groups in total. The summed E-state index contributed by atoms with van der Waals surface area (Å²) in [5.74, 6) is -0.591. The first-order chi connectivity index (χ1) is 12.4. The summed E-state index contributed by atoms with van der Waals surface area (Å²) in [5.41, 5.74) is 1.66. The molecule has 0 spiro atoms. The molecule has 136 valence electrons. The van der Waals surface area contributed by atoms with Crippen LogP contribution in [0.2, 0.25) is 0 Å². The number of halogens is 2. The second kappa shape index (κ2) is 7.45. The Balaban J connectivity index is 1.88. The zero-order valence-corrected chi connectivity index (χ0v) is 16.2. The fourth-order valence-corrected chi connectivity index (χ4v) is 3.41. The maximum Gasteiger partial charge on any atom is 0.329 e. The lowest BCUT2D eigenvalue weighted by atomic mass is 10.2. The first kappa shape index (κ1) is 18.4. The Labute approximate surface area is 158 Å². The topological polar surface area (TPSA) is 47.2 Å². The number of carbonyl (C=O) groups is 1. The van der Waals surface area contributed by atoms with Crippen LogP contribution >= 0.6 is 15.9 Å². The van der Waals surface area contributed by atoms with E-state index in [2.05, 4.69) is 15.9 Å². The number of benzene rings is 2. The summed E-state index contributed by atoms with van der Waals surface area (Å²) in [7, 11) is 1.68. The molecule has 0 saturated carbocycles. The summed E-state index contributed by atoms with van der Waals surface area (Å²) in [4.78, 5) is 26.8. The number of hydrogen-bond donors (Lipinski definition) is 0. The van der Waals surface area contributed by atoms with Gasteiger partial charge in [-0.2, -0.15) is 0 Å². The van der Waals surface area contributed by atoms with E-state index in [-0.39, 0.29) is 30.5 Å². The van der Waals surface area contributed by atoms with E-state index in [1.54, 1.807) is 24.1 Å². The third kappa shape index (κ3) is 3.44. The minimum absolute atomic E-state index is 0.0797. The molecule has 7 heteroatoms. The largest absolute Gasteiger partial charge is 0.337 e. The van der Waals surface area contributed by atoms with Gasteiger partial charge in [0.2, 0.25) is 5.91 Å². The van der Waals surface area contributed by atoms with Crippen molar-refractivity contribution >= 4 is 32.9 Å². The van der Waals surface area contributed by atoms with Crippen molar-refractivity contribution in [1.82, 2.24) is 14.0 Å². The van der Waals surface area contributed by atoms with Gasteiger partial charge < -0.3 is 4.90 Å². The van der Waals surface area contributed by atoms with Crippen molar-refractivity contribution in [3.05, 3.63) is 68.8 Å². The van der Waals surface area contributed by atoms with Crippen molar-refractivity contribution in [2.24, 2.45) is 7.05 Å². The fraction of sp³-hybridized carbons (Fsp3) is 0.263. The lowest BCUT2D eigenvalue weighted by Crippen LogP contribution is -2.36. The van der Waals surface area contributed by atoms with E-state index in [0.717, 1.165) is 9.99 Å². The highest BCUT2D eigenvalue weighted by molar-refractivity contribution is 9.10. The number of likely N-dealkylation sites (N-methyl/N-ethyl adjacent to an activating group) is 1. The molecule has 3 aromatic rings. The molecule has 26 heavy (non-hydrogen) atoms. The second-order valence-electron chi connectivity index (χ2n) is 6.06. The molecule has 2 aromatic carbocycles. The highest BCUT2D eigenvalue weighted by Crippen LogP contribution is 2.18. The Hall–Kier alpha value is -2.41. The Kier molecular flexibility index (Phi) is 5.27. The number of carbonyl (C=O) groups excluding carboxylic acids is 1. The van der Waals surface area contributed by atoms with E-state index in [0.29, 0.717) is 17.6 Å². The average molecular weight is 420 g/mol. The van der Waals surface area contributed by atoms with Crippen LogP contribution in [0.25, 0.3) is 11.0 Å². The molecule has 0 aliphatic rings. The van der Waals surface area contributed by atoms with Crippen LogP contribution in [0.3, 0.4) is 0 Å². The quantitative estimate of drug-likeness (QED) is 0.636. The average Bonchev–Trinajstić information content (AvgIpc) is 2.87. The number of aryl methyl sites for hydroxylation is 1. The van der Waals surface area contributed by atoms with Gasteiger partial charge in [-0.25, -0.2) is 9.18 Å². The van der Waals surface area contributed by atoms with E-state index in [9.17, 15) is 14.0 Å². The Morgan fingerprint density at radius 3 is 2.58 bits per heavy atom. The van der Waals surface area contributed by atoms with Gasteiger partial charge in [-0.05, 0) is 37.3 Å². The van der Waals surface area contributed by atoms with E-state index >= 15 is 0 Å². The molecule has 0 unspecified atom stereocenters. The Morgan fingerprint density at radius 2 is 1.88 bits per heavy atom. The molecule has 1 heterocycles. The van der Waals surface area contributed by atoms with Gasteiger partial charge in [-0.15, -0.1) is 0 Å². The van der Waals surface area contributed by atoms with Crippen molar-refractivity contribution in [3.8, 4) is 0 Å². The zero-order valence-electron chi connectivity index (χ0n) is 14.6. The van der Waals surface area contributed by atoms with Crippen molar-refractivity contribution in [2.45, 2.75) is 20.0 Å². The fourth-order valence-electron chi connectivity index (χ4n) is 3.00. The molecule has 3 rings (SSSR count). The molecular formula is C19H19BrFN3O2. The number of hydrogen-bond acceptors (Lipinski definition) is 2. The summed E-state index contributed by atoms with van der Waals surface area (Å²) in [6.07, 6.45) is 0. The molecule has 0 radical (unpaired) electrons. The molecule has 0 aliphatic heterocycles. The van der Waals surface area contributed by atoms with Crippen LogP contribution in [0.15, 0.2) is 51.7 Å². The summed E-state index contributed by atoms with van der Waals surface area (Å²) < 4.78 is 17.7. The van der Waals surface area contributed by atoms with Gasteiger partial charge in [0.25, 0.3) is 0 Å². The Morgan fingerprint density at radius 1 is 1.19 bits per heavy atom. The van der Waals surface area contributed by atoms with Crippen LogP contribution in [0.5, 0.6) is 0 Å². The molecule has 1 aromatic heterocycles. The number of fused-ring (bicyclic) bond motifs is 1. The van der Waals surface area contributed by atoms with E-state index in [1.165, 1.54) is 15.2 Å². The predicted octanol–water partition coefficient (Wildman–Crippen LogP) is 3.29. The zero-order chi connectivity index (χ0) is 18.8. The van der Waals surface area contributed by atoms with Crippen LogP contribution in [0.4, 0.5) is 4.39 Å². The van der Waals surface area contributed by atoms with Gasteiger partial charge in [0.15, 0.2) is 0 Å². The number of imidazole rings is 1. The van der Waals surface area contributed by atoms with Gasteiger partial charge in [0.1, 0.15) is 12.4 Å². The summed E-state index contributed by atoms with van der Waals surface area (Å²) in [6.45, 7) is 2.33. The van der Waals surface area contributed by atoms with Gasteiger partial charge in [-0.3, -0.25) is 13.9 Å². The van der Waals surface area contributed by atoms with Crippen LogP contribution in [0, 0.1) is 5.82 Å². The maximum absolute atomic E-state index is 14.0. The number of amides is 1. The van der Waals surface area contributed by atoms with E-state index in [4.69, 9.17) is 0 Å². The molecule has 0 aliphatic carbocycles. The minimum Gasteiger partial charge on any atom is -0.337 e.